The number of halogens is 1. The number of rotatable bonds is 6. The monoisotopic (exact) mass is 420 g/mol. The largest absolute Gasteiger partial charge is 0.497 e. The summed E-state index contributed by atoms with van der Waals surface area (Å²) in [6.07, 6.45) is 2.07. The van der Waals surface area contributed by atoms with Crippen LogP contribution in [0.15, 0.2) is 72.9 Å². The number of carbonyl (C=O) groups excluding carboxylic acids is 1. The summed E-state index contributed by atoms with van der Waals surface area (Å²) in [5, 5.41) is 4.87. The number of carbonyl (C=O) groups is 1. The molecule has 1 aromatic heterocycles. The number of ether oxygens (including phenoxy) is 2. The first-order chi connectivity index (χ1) is 14.6. The average molecular weight is 421 g/mol. The second kappa shape index (κ2) is 8.51. The molecule has 4 rings (SSSR count). The molecule has 1 heterocycles. The molecule has 4 aromatic rings. The third-order valence-corrected chi connectivity index (χ3v) is 5.18. The number of hydrogen-bond donors (Lipinski definition) is 1. The molecule has 0 aliphatic carbocycles. The first-order valence-corrected chi connectivity index (χ1v) is 9.82. The average Bonchev–Trinajstić information content (AvgIpc) is 3.17. The Morgan fingerprint density at radius 1 is 1.00 bits per heavy atom. The van der Waals surface area contributed by atoms with E-state index in [0.29, 0.717) is 16.3 Å². The Labute approximate surface area is 179 Å². The molecular weight excluding hydrogens is 400 g/mol. The van der Waals surface area contributed by atoms with Crippen molar-refractivity contribution in [3.05, 3.63) is 89.1 Å². The molecular formula is C24H21ClN2O3. The Balaban J connectivity index is 1.59. The highest BCUT2D eigenvalue weighted by molar-refractivity contribution is 6.31. The van der Waals surface area contributed by atoms with Crippen molar-refractivity contribution in [2.24, 2.45) is 0 Å². The van der Waals surface area contributed by atoms with Crippen molar-refractivity contribution in [3.63, 3.8) is 0 Å². The summed E-state index contributed by atoms with van der Waals surface area (Å²) in [6.45, 7) is 0.768. The van der Waals surface area contributed by atoms with E-state index in [4.69, 9.17) is 21.1 Å². The number of methoxy groups -OCH3 is 2. The molecule has 0 radical (unpaired) electrons. The van der Waals surface area contributed by atoms with Crippen molar-refractivity contribution in [2.45, 2.75) is 6.54 Å². The standard InChI is InChI=1S/C24H21ClN2O3/c1-29-20-7-3-16(4-8-20)15-27-12-11-17-13-19(6-10-23(17)27)26-22-9-5-18(25)14-21(22)24(28)30-2/h3-14,26H,15H2,1-2H3. The second-order valence-corrected chi connectivity index (χ2v) is 7.31. The van der Waals surface area contributed by atoms with Crippen LogP contribution < -0.4 is 10.1 Å². The van der Waals surface area contributed by atoms with Gasteiger partial charge in [-0.1, -0.05) is 23.7 Å². The minimum Gasteiger partial charge on any atom is -0.497 e. The van der Waals surface area contributed by atoms with Gasteiger partial charge < -0.3 is 19.4 Å². The molecule has 30 heavy (non-hydrogen) atoms. The highest BCUT2D eigenvalue weighted by Gasteiger charge is 2.13. The molecule has 3 aromatic carbocycles. The Morgan fingerprint density at radius 3 is 2.53 bits per heavy atom. The van der Waals surface area contributed by atoms with Gasteiger partial charge in [-0.3, -0.25) is 0 Å². The maximum atomic E-state index is 12.1. The second-order valence-electron chi connectivity index (χ2n) is 6.87. The van der Waals surface area contributed by atoms with Crippen LogP contribution in [0.3, 0.4) is 0 Å². The van der Waals surface area contributed by atoms with Gasteiger partial charge in [0.1, 0.15) is 5.75 Å². The number of anilines is 2. The van der Waals surface area contributed by atoms with Crippen LogP contribution in [0.25, 0.3) is 10.9 Å². The van der Waals surface area contributed by atoms with Crippen LogP contribution in [0.1, 0.15) is 15.9 Å². The van der Waals surface area contributed by atoms with Gasteiger partial charge in [-0.15, -0.1) is 0 Å². The molecule has 0 saturated carbocycles. The molecule has 0 aliphatic heterocycles. The van der Waals surface area contributed by atoms with Crippen LogP contribution in [0.4, 0.5) is 11.4 Å². The van der Waals surface area contributed by atoms with Crippen molar-refractivity contribution in [1.29, 1.82) is 0 Å². The molecule has 1 N–H and O–H groups in total. The van der Waals surface area contributed by atoms with Crippen LogP contribution in [-0.4, -0.2) is 24.8 Å². The fourth-order valence-electron chi connectivity index (χ4n) is 3.40. The van der Waals surface area contributed by atoms with Gasteiger partial charge in [0.25, 0.3) is 0 Å². The van der Waals surface area contributed by atoms with Crippen molar-refractivity contribution in [3.8, 4) is 5.75 Å². The zero-order chi connectivity index (χ0) is 21.1. The highest BCUT2D eigenvalue weighted by Crippen LogP contribution is 2.28. The number of nitrogens with zero attached hydrogens (tertiary/aromatic N) is 1. The fourth-order valence-corrected chi connectivity index (χ4v) is 3.58. The number of nitrogens with one attached hydrogen (secondary N) is 1. The Bertz CT molecular complexity index is 1200. The molecule has 0 fully saturated rings. The van der Waals surface area contributed by atoms with Crippen molar-refractivity contribution in [2.75, 3.05) is 19.5 Å². The molecule has 0 aliphatic rings. The van der Waals surface area contributed by atoms with Gasteiger partial charge in [0, 0.05) is 34.4 Å². The molecule has 0 bridgehead atoms. The van der Waals surface area contributed by atoms with Gasteiger partial charge in [-0.2, -0.15) is 0 Å². The van der Waals surface area contributed by atoms with E-state index in [1.54, 1.807) is 25.3 Å². The summed E-state index contributed by atoms with van der Waals surface area (Å²) in [7, 11) is 3.02. The van der Waals surface area contributed by atoms with Crippen molar-refractivity contribution in [1.82, 2.24) is 4.57 Å². The van der Waals surface area contributed by atoms with Gasteiger partial charge in [0.15, 0.2) is 0 Å². The molecule has 0 saturated heterocycles. The lowest BCUT2D eigenvalue weighted by Crippen LogP contribution is -2.05. The SMILES string of the molecule is COC(=O)c1cc(Cl)ccc1Nc1ccc2c(ccn2Cc2ccc(OC)cc2)c1. The molecule has 152 valence electrons. The van der Waals surface area contributed by atoms with Gasteiger partial charge in [-0.25, -0.2) is 4.79 Å². The fraction of sp³-hybridized carbons (Fsp3) is 0.125. The lowest BCUT2D eigenvalue weighted by Gasteiger charge is -2.12. The first-order valence-electron chi connectivity index (χ1n) is 9.44. The lowest BCUT2D eigenvalue weighted by molar-refractivity contribution is 0.0602. The lowest BCUT2D eigenvalue weighted by atomic mass is 10.1. The number of esters is 1. The molecule has 0 amide bonds. The summed E-state index contributed by atoms with van der Waals surface area (Å²) in [5.74, 6) is 0.409. The third-order valence-electron chi connectivity index (χ3n) is 4.95. The normalized spacial score (nSPS) is 10.8. The van der Waals surface area contributed by atoms with E-state index in [1.807, 2.05) is 18.2 Å². The predicted octanol–water partition coefficient (Wildman–Crippen LogP) is 5.88. The maximum Gasteiger partial charge on any atom is 0.340 e. The number of aromatic nitrogens is 1. The van der Waals surface area contributed by atoms with Gasteiger partial charge in [0.2, 0.25) is 0 Å². The number of fused-ring (bicyclic) bond motifs is 1. The Kier molecular flexibility index (Phi) is 5.63. The van der Waals surface area contributed by atoms with Crippen LogP contribution >= 0.6 is 11.6 Å². The zero-order valence-electron chi connectivity index (χ0n) is 16.7. The van der Waals surface area contributed by atoms with E-state index >= 15 is 0 Å². The van der Waals surface area contributed by atoms with E-state index in [-0.39, 0.29) is 0 Å². The Hall–Kier alpha value is -3.44. The van der Waals surface area contributed by atoms with E-state index in [1.165, 1.54) is 12.7 Å². The minimum atomic E-state index is -0.438. The number of hydrogen-bond acceptors (Lipinski definition) is 4. The van der Waals surface area contributed by atoms with E-state index in [2.05, 4.69) is 46.4 Å². The summed E-state index contributed by atoms with van der Waals surface area (Å²) in [5.41, 5.74) is 4.22. The summed E-state index contributed by atoms with van der Waals surface area (Å²) in [4.78, 5) is 12.1. The zero-order valence-corrected chi connectivity index (χ0v) is 17.4. The van der Waals surface area contributed by atoms with Crippen molar-refractivity contribution >= 4 is 39.8 Å². The van der Waals surface area contributed by atoms with E-state index < -0.39 is 5.97 Å². The van der Waals surface area contributed by atoms with Crippen LogP contribution in [0.5, 0.6) is 5.75 Å². The quantitative estimate of drug-likeness (QED) is 0.395. The molecule has 0 unspecified atom stereocenters. The van der Waals surface area contributed by atoms with Crippen LogP contribution in [-0.2, 0) is 11.3 Å². The highest BCUT2D eigenvalue weighted by atomic mass is 35.5. The van der Waals surface area contributed by atoms with E-state index in [9.17, 15) is 4.79 Å². The predicted molar refractivity (Wildman–Crippen MR) is 120 cm³/mol. The topological polar surface area (TPSA) is 52.5 Å². The summed E-state index contributed by atoms with van der Waals surface area (Å²) >= 11 is 6.04. The minimum absolute atomic E-state index is 0.391. The molecule has 5 nitrogen and oxygen atoms in total. The molecule has 6 heteroatoms. The third kappa shape index (κ3) is 4.11. The molecule has 0 spiro atoms. The Morgan fingerprint density at radius 2 is 1.80 bits per heavy atom. The van der Waals surface area contributed by atoms with Gasteiger partial charge in [-0.05, 0) is 60.2 Å². The van der Waals surface area contributed by atoms with Gasteiger partial charge in [0.05, 0.1) is 25.5 Å². The summed E-state index contributed by atoms with van der Waals surface area (Å²) in [6, 6.07) is 21.3. The van der Waals surface area contributed by atoms with E-state index in [0.717, 1.165) is 28.9 Å². The number of benzene rings is 3. The summed E-state index contributed by atoms with van der Waals surface area (Å²) < 4.78 is 12.3. The van der Waals surface area contributed by atoms with Crippen LogP contribution in [0, 0.1) is 0 Å². The smallest absolute Gasteiger partial charge is 0.340 e. The van der Waals surface area contributed by atoms with Gasteiger partial charge >= 0.3 is 5.97 Å². The maximum absolute atomic E-state index is 12.1. The molecule has 0 atom stereocenters. The van der Waals surface area contributed by atoms with Crippen LogP contribution in [0.2, 0.25) is 5.02 Å². The van der Waals surface area contributed by atoms with Crippen molar-refractivity contribution < 1.29 is 14.3 Å². The first kappa shape index (κ1) is 19.9.